The molecule has 0 radical (unpaired) electrons. The van der Waals surface area contributed by atoms with Crippen LogP contribution in [0.4, 0.5) is 0 Å². The molecule has 5 heteroatoms. The summed E-state index contributed by atoms with van der Waals surface area (Å²) < 4.78 is 5.45. The molecule has 14 heavy (non-hydrogen) atoms. The lowest BCUT2D eigenvalue weighted by Crippen LogP contribution is -2.65. The van der Waals surface area contributed by atoms with Crippen molar-refractivity contribution in [1.82, 2.24) is 9.80 Å². The molecule has 1 rings (SSSR count). The van der Waals surface area contributed by atoms with E-state index in [1.165, 1.54) is 9.80 Å². The van der Waals surface area contributed by atoms with Gasteiger partial charge < -0.3 is 4.74 Å². The fourth-order valence-electron chi connectivity index (χ4n) is 1.52. The third kappa shape index (κ3) is 1.48. The molecule has 1 aliphatic heterocycles. The molecule has 0 aromatic carbocycles. The number of nitrogens with zero attached hydrogens (tertiary/aromatic N) is 2. The highest BCUT2D eigenvalue weighted by molar-refractivity contribution is 5.99. The van der Waals surface area contributed by atoms with Gasteiger partial charge in [-0.25, -0.2) is 0 Å². The molecule has 0 spiro atoms. The van der Waals surface area contributed by atoms with E-state index in [1.54, 1.807) is 21.0 Å². The van der Waals surface area contributed by atoms with Gasteiger partial charge in [-0.1, -0.05) is 0 Å². The van der Waals surface area contributed by atoms with Crippen LogP contribution in [0.15, 0.2) is 0 Å². The number of carbonyl (C=O) groups excluding carboxylic acids is 2. The van der Waals surface area contributed by atoms with Crippen LogP contribution in [0, 0.1) is 0 Å². The van der Waals surface area contributed by atoms with Crippen molar-refractivity contribution in [3.63, 3.8) is 0 Å². The van der Waals surface area contributed by atoms with Crippen molar-refractivity contribution in [3.8, 4) is 0 Å². The molecule has 0 aliphatic carbocycles. The topological polar surface area (TPSA) is 49.9 Å². The molecule has 80 valence electrons. The first kappa shape index (κ1) is 11.0. The van der Waals surface area contributed by atoms with Crippen LogP contribution < -0.4 is 0 Å². The Morgan fingerprint density at radius 2 is 1.71 bits per heavy atom. The maximum atomic E-state index is 11.4. The van der Waals surface area contributed by atoms with Gasteiger partial charge in [0.15, 0.2) is 0 Å². The van der Waals surface area contributed by atoms with Crippen molar-refractivity contribution in [2.75, 3.05) is 20.7 Å². The molecule has 2 amide bonds. The number of hydrogen-bond acceptors (Lipinski definition) is 3. The molecule has 5 nitrogen and oxygen atoms in total. The Bertz CT molecular complexity index is 245. The number of carbonyl (C=O) groups is 2. The van der Waals surface area contributed by atoms with Gasteiger partial charge in [-0.15, -0.1) is 0 Å². The van der Waals surface area contributed by atoms with Crippen molar-refractivity contribution in [2.24, 2.45) is 0 Å². The fraction of sp³-hybridized carbons (Fsp3) is 0.778. The molecule has 0 bridgehead atoms. The lowest BCUT2D eigenvalue weighted by Gasteiger charge is -2.47. The molecule has 1 fully saturated rings. The van der Waals surface area contributed by atoms with Crippen LogP contribution in [0.25, 0.3) is 0 Å². The molecule has 0 saturated carbocycles. The summed E-state index contributed by atoms with van der Waals surface area (Å²) in [4.78, 5) is 25.8. The maximum absolute atomic E-state index is 11.4. The van der Waals surface area contributed by atoms with Crippen LogP contribution in [-0.2, 0) is 14.3 Å². The minimum atomic E-state index is -0.943. The molecule has 0 unspecified atom stereocenters. The average Bonchev–Trinajstić information content (AvgIpc) is 2.13. The van der Waals surface area contributed by atoms with E-state index in [4.69, 9.17) is 4.74 Å². The van der Waals surface area contributed by atoms with E-state index in [0.29, 0.717) is 6.61 Å². The van der Waals surface area contributed by atoms with Gasteiger partial charge in [0.1, 0.15) is 6.42 Å². The second-order valence-electron chi connectivity index (χ2n) is 3.45. The summed E-state index contributed by atoms with van der Waals surface area (Å²) in [6.07, 6.45) is -0.0737. The van der Waals surface area contributed by atoms with Gasteiger partial charge >= 0.3 is 0 Å². The molecular weight excluding hydrogens is 184 g/mol. The highest BCUT2D eigenvalue weighted by atomic mass is 16.5. The van der Waals surface area contributed by atoms with Gasteiger partial charge in [-0.05, 0) is 6.92 Å². The van der Waals surface area contributed by atoms with E-state index in [1.807, 2.05) is 6.92 Å². The van der Waals surface area contributed by atoms with Crippen LogP contribution in [0.3, 0.4) is 0 Å². The third-order valence-corrected chi connectivity index (χ3v) is 2.71. The Balaban J connectivity index is 2.97. The van der Waals surface area contributed by atoms with Crippen LogP contribution in [0.5, 0.6) is 0 Å². The first-order valence-corrected chi connectivity index (χ1v) is 4.60. The van der Waals surface area contributed by atoms with Gasteiger partial charge in [0.25, 0.3) is 0 Å². The summed E-state index contributed by atoms with van der Waals surface area (Å²) in [5.74, 6) is -1.35. The van der Waals surface area contributed by atoms with Crippen molar-refractivity contribution >= 4 is 11.8 Å². The first-order valence-electron chi connectivity index (χ1n) is 4.60. The molecule has 0 atom stereocenters. The van der Waals surface area contributed by atoms with Crippen molar-refractivity contribution in [2.45, 2.75) is 26.1 Å². The first-order chi connectivity index (χ1) is 6.43. The highest BCUT2D eigenvalue weighted by Crippen LogP contribution is 2.25. The lowest BCUT2D eigenvalue weighted by atomic mass is 10.2. The van der Waals surface area contributed by atoms with E-state index in [2.05, 4.69) is 0 Å². The second kappa shape index (κ2) is 3.57. The van der Waals surface area contributed by atoms with Gasteiger partial charge in [0, 0.05) is 27.6 Å². The van der Waals surface area contributed by atoms with Crippen molar-refractivity contribution in [3.05, 3.63) is 0 Å². The van der Waals surface area contributed by atoms with Crippen LogP contribution in [-0.4, -0.2) is 48.2 Å². The molecule has 0 aromatic rings. The summed E-state index contributed by atoms with van der Waals surface area (Å²) in [5.41, 5.74) is 0. The van der Waals surface area contributed by atoms with Gasteiger partial charge in [-0.3, -0.25) is 19.4 Å². The van der Waals surface area contributed by atoms with E-state index >= 15 is 0 Å². The Morgan fingerprint density at radius 1 is 1.29 bits per heavy atom. The largest absolute Gasteiger partial charge is 0.338 e. The number of hydrogen-bond donors (Lipinski definition) is 0. The molecular formula is C9H16N2O3. The highest BCUT2D eigenvalue weighted by Gasteiger charge is 2.45. The summed E-state index contributed by atoms with van der Waals surface area (Å²) in [7, 11) is 3.28. The Hall–Kier alpha value is -1.10. The van der Waals surface area contributed by atoms with Crippen LogP contribution in [0.2, 0.25) is 0 Å². The summed E-state index contributed by atoms with van der Waals surface area (Å²) >= 11 is 0. The van der Waals surface area contributed by atoms with E-state index < -0.39 is 5.85 Å². The minimum absolute atomic E-state index is 0.0737. The van der Waals surface area contributed by atoms with Crippen molar-refractivity contribution in [1.29, 1.82) is 0 Å². The molecule has 1 saturated heterocycles. The lowest BCUT2D eigenvalue weighted by molar-refractivity contribution is -0.230. The van der Waals surface area contributed by atoms with Crippen LogP contribution in [0.1, 0.15) is 20.3 Å². The average molecular weight is 200 g/mol. The zero-order valence-electron chi connectivity index (χ0n) is 9.03. The zero-order chi connectivity index (χ0) is 10.9. The summed E-state index contributed by atoms with van der Waals surface area (Å²) in [5, 5.41) is 0. The Kier molecular flexibility index (Phi) is 2.80. The van der Waals surface area contributed by atoms with Crippen LogP contribution >= 0.6 is 0 Å². The number of ether oxygens (including phenoxy) is 1. The number of rotatable bonds is 2. The van der Waals surface area contributed by atoms with Gasteiger partial charge in [-0.2, -0.15) is 0 Å². The molecule has 1 heterocycles. The maximum Gasteiger partial charge on any atom is 0.235 e. The quantitative estimate of drug-likeness (QED) is 0.590. The van der Waals surface area contributed by atoms with E-state index in [0.717, 1.165) is 0 Å². The predicted molar refractivity (Wildman–Crippen MR) is 50.2 cm³/mol. The zero-order valence-corrected chi connectivity index (χ0v) is 9.03. The van der Waals surface area contributed by atoms with E-state index in [-0.39, 0.29) is 18.2 Å². The monoisotopic (exact) mass is 200 g/mol. The van der Waals surface area contributed by atoms with Gasteiger partial charge in [0.05, 0.1) is 0 Å². The summed E-state index contributed by atoms with van der Waals surface area (Å²) in [6, 6.07) is 0. The fourth-order valence-corrected chi connectivity index (χ4v) is 1.52. The predicted octanol–water partition coefficient (Wildman–Crippen LogP) is 0.0171. The standard InChI is InChI=1S/C9H16N2O3/c1-5-14-9(2)10(3)7(12)6-8(13)11(9)4/h5-6H2,1-4H3. The smallest absolute Gasteiger partial charge is 0.235 e. The SMILES string of the molecule is CCOC1(C)N(C)C(=O)CC(=O)N1C. The third-order valence-electron chi connectivity index (χ3n) is 2.71. The Morgan fingerprint density at radius 3 is 2.07 bits per heavy atom. The van der Waals surface area contributed by atoms with E-state index in [9.17, 15) is 9.59 Å². The normalized spacial score (nSPS) is 21.7. The summed E-state index contributed by atoms with van der Waals surface area (Å²) in [6.45, 7) is 3.99. The minimum Gasteiger partial charge on any atom is -0.338 e. The molecule has 1 aliphatic rings. The molecule has 0 N–H and O–H groups in total. The second-order valence-corrected chi connectivity index (χ2v) is 3.45. The van der Waals surface area contributed by atoms with Gasteiger partial charge in [0.2, 0.25) is 17.7 Å². The molecule has 0 aromatic heterocycles. The Labute approximate surface area is 83.6 Å². The number of amides is 2. The van der Waals surface area contributed by atoms with Crippen molar-refractivity contribution < 1.29 is 14.3 Å².